The Morgan fingerprint density at radius 1 is 1.10 bits per heavy atom. The average molecular weight is 278 g/mol. The molecular weight excluding hydrogens is 248 g/mol. The van der Waals surface area contributed by atoms with E-state index in [1.54, 1.807) is 0 Å². The smallest absolute Gasteiger partial charge is 0.237 e. The molecule has 0 aromatic carbocycles. The minimum absolute atomic E-state index is 0.0677. The van der Waals surface area contributed by atoms with E-state index in [-0.39, 0.29) is 11.9 Å². The van der Waals surface area contributed by atoms with Crippen LogP contribution in [0.5, 0.6) is 0 Å². The van der Waals surface area contributed by atoms with Crippen LogP contribution in [0.15, 0.2) is 0 Å². The van der Waals surface area contributed by atoms with Crippen molar-refractivity contribution in [2.45, 2.75) is 89.8 Å². The molecule has 0 aromatic heterocycles. The molecule has 3 nitrogen and oxygen atoms in total. The summed E-state index contributed by atoms with van der Waals surface area (Å²) in [6.45, 7) is 4.62. The van der Waals surface area contributed by atoms with E-state index >= 15 is 0 Å². The van der Waals surface area contributed by atoms with E-state index < -0.39 is 0 Å². The third-order valence-electron chi connectivity index (χ3n) is 5.78. The van der Waals surface area contributed by atoms with Crippen molar-refractivity contribution in [3.05, 3.63) is 0 Å². The Balaban J connectivity index is 1.50. The molecule has 4 unspecified atom stereocenters. The molecule has 0 radical (unpaired) electrons. The van der Waals surface area contributed by atoms with Crippen molar-refractivity contribution in [2.75, 3.05) is 0 Å². The van der Waals surface area contributed by atoms with Crippen molar-refractivity contribution in [1.82, 2.24) is 10.6 Å². The number of nitrogens with one attached hydrogen (secondary N) is 2. The summed E-state index contributed by atoms with van der Waals surface area (Å²) in [6.07, 6.45) is 11.1. The molecule has 20 heavy (non-hydrogen) atoms. The monoisotopic (exact) mass is 278 g/mol. The number of rotatable bonds is 2. The second-order valence-corrected chi connectivity index (χ2v) is 8.06. The van der Waals surface area contributed by atoms with E-state index in [0.29, 0.717) is 17.5 Å². The molecule has 2 N–H and O–H groups in total. The van der Waals surface area contributed by atoms with Gasteiger partial charge in [0, 0.05) is 12.1 Å². The minimum atomic E-state index is 0.0677. The van der Waals surface area contributed by atoms with Crippen molar-refractivity contribution < 1.29 is 4.79 Å². The van der Waals surface area contributed by atoms with Crippen LogP contribution in [0.25, 0.3) is 0 Å². The van der Waals surface area contributed by atoms with Crippen LogP contribution in [-0.2, 0) is 4.79 Å². The summed E-state index contributed by atoms with van der Waals surface area (Å²) in [5.41, 5.74) is 0.409. The summed E-state index contributed by atoms with van der Waals surface area (Å²) in [5, 5.41) is 6.94. The zero-order valence-electron chi connectivity index (χ0n) is 13.1. The highest BCUT2D eigenvalue weighted by atomic mass is 16.2. The summed E-state index contributed by atoms with van der Waals surface area (Å²) in [7, 11) is 0. The third kappa shape index (κ3) is 3.19. The van der Waals surface area contributed by atoms with E-state index in [9.17, 15) is 4.79 Å². The zero-order valence-corrected chi connectivity index (χ0v) is 13.1. The quantitative estimate of drug-likeness (QED) is 0.815. The van der Waals surface area contributed by atoms with Crippen LogP contribution in [0.1, 0.15) is 71.6 Å². The predicted molar refractivity (Wildman–Crippen MR) is 81.5 cm³/mol. The molecule has 1 saturated heterocycles. The fourth-order valence-corrected chi connectivity index (χ4v) is 4.56. The summed E-state index contributed by atoms with van der Waals surface area (Å²) in [5.74, 6) is 1.09. The van der Waals surface area contributed by atoms with Crippen LogP contribution in [-0.4, -0.2) is 24.0 Å². The van der Waals surface area contributed by atoms with Gasteiger partial charge in [-0.3, -0.25) is 4.79 Å². The number of fused-ring (bicyclic) bond motifs is 1. The number of piperidine rings is 1. The third-order valence-corrected chi connectivity index (χ3v) is 5.78. The second-order valence-electron chi connectivity index (χ2n) is 8.06. The van der Waals surface area contributed by atoms with Crippen LogP contribution in [0.2, 0.25) is 0 Å². The molecule has 1 aliphatic heterocycles. The van der Waals surface area contributed by atoms with Gasteiger partial charge < -0.3 is 10.6 Å². The normalized spacial score (nSPS) is 40.1. The highest BCUT2D eigenvalue weighted by Gasteiger charge is 2.37. The lowest BCUT2D eigenvalue weighted by Crippen LogP contribution is -2.56. The van der Waals surface area contributed by atoms with E-state index in [1.165, 1.54) is 38.5 Å². The fourth-order valence-electron chi connectivity index (χ4n) is 4.56. The molecule has 1 heterocycles. The lowest BCUT2D eigenvalue weighted by Gasteiger charge is -2.40. The number of carbonyl (C=O) groups excluding carboxylic acids is 1. The minimum Gasteiger partial charge on any atom is -0.352 e. The Kier molecular flexibility index (Phi) is 4.07. The molecule has 2 saturated carbocycles. The second kappa shape index (κ2) is 5.67. The lowest BCUT2D eigenvalue weighted by molar-refractivity contribution is -0.125. The zero-order chi connectivity index (χ0) is 14.2. The van der Waals surface area contributed by atoms with Crippen molar-refractivity contribution >= 4 is 5.91 Å². The number of carbonyl (C=O) groups is 1. The molecule has 2 aliphatic carbocycles. The van der Waals surface area contributed by atoms with Gasteiger partial charge in [0.05, 0.1) is 6.04 Å². The standard InChI is InChI=1S/C17H30N2O/c1-17(2)10-9-13(11-17)18-16(20)15-8-7-12-5-3-4-6-14(12)19-15/h12-15,19H,3-11H2,1-2H3,(H,18,20). The predicted octanol–water partition coefficient (Wildman–Crippen LogP) is 2.99. The Morgan fingerprint density at radius 2 is 1.90 bits per heavy atom. The topological polar surface area (TPSA) is 41.1 Å². The molecule has 114 valence electrons. The SMILES string of the molecule is CC1(C)CCC(NC(=O)C2CCC3CCCCC3N2)C1. The van der Waals surface area contributed by atoms with Gasteiger partial charge in [0.25, 0.3) is 0 Å². The number of amides is 1. The van der Waals surface area contributed by atoms with Gasteiger partial charge in [-0.05, 0) is 56.3 Å². The molecule has 3 rings (SSSR count). The molecule has 0 aromatic rings. The van der Waals surface area contributed by atoms with E-state index in [4.69, 9.17) is 0 Å². The van der Waals surface area contributed by atoms with Gasteiger partial charge in [-0.15, -0.1) is 0 Å². The van der Waals surface area contributed by atoms with Gasteiger partial charge in [-0.2, -0.15) is 0 Å². The van der Waals surface area contributed by atoms with Crippen LogP contribution in [0.3, 0.4) is 0 Å². The molecule has 0 spiro atoms. The summed E-state index contributed by atoms with van der Waals surface area (Å²) in [4.78, 5) is 12.5. The van der Waals surface area contributed by atoms with Crippen LogP contribution in [0, 0.1) is 11.3 Å². The molecule has 3 heteroatoms. The van der Waals surface area contributed by atoms with E-state index in [2.05, 4.69) is 24.5 Å². The van der Waals surface area contributed by atoms with Gasteiger partial charge in [-0.1, -0.05) is 26.7 Å². The largest absolute Gasteiger partial charge is 0.352 e. The highest BCUT2D eigenvalue weighted by Crippen LogP contribution is 2.37. The Bertz CT molecular complexity index is 366. The number of hydrogen-bond donors (Lipinski definition) is 2. The molecule has 3 aliphatic rings. The van der Waals surface area contributed by atoms with Gasteiger partial charge in [0.15, 0.2) is 0 Å². The Hall–Kier alpha value is -0.570. The summed E-state index contributed by atoms with van der Waals surface area (Å²) < 4.78 is 0. The van der Waals surface area contributed by atoms with Crippen molar-refractivity contribution in [3.8, 4) is 0 Å². The first kappa shape index (κ1) is 14.4. The average Bonchev–Trinajstić information content (AvgIpc) is 2.77. The maximum Gasteiger partial charge on any atom is 0.237 e. The van der Waals surface area contributed by atoms with Crippen molar-refractivity contribution in [2.24, 2.45) is 11.3 Å². The first-order valence-corrected chi connectivity index (χ1v) is 8.60. The fraction of sp³-hybridized carbons (Fsp3) is 0.941. The highest BCUT2D eigenvalue weighted by molar-refractivity contribution is 5.82. The van der Waals surface area contributed by atoms with E-state index in [0.717, 1.165) is 25.2 Å². The summed E-state index contributed by atoms with van der Waals surface area (Å²) >= 11 is 0. The van der Waals surface area contributed by atoms with Gasteiger partial charge in [-0.25, -0.2) is 0 Å². The molecule has 3 fully saturated rings. The first-order chi connectivity index (χ1) is 9.53. The van der Waals surface area contributed by atoms with Crippen molar-refractivity contribution in [3.63, 3.8) is 0 Å². The van der Waals surface area contributed by atoms with Crippen molar-refractivity contribution in [1.29, 1.82) is 0 Å². The van der Waals surface area contributed by atoms with Gasteiger partial charge >= 0.3 is 0 Å². The van der Waals surface area contributed by atoms with Gasteiger partial charge in [0.2, 0.25) is 5.91 Å². The molecule has 4 atom stereocenters. The Labute approximate surface area is 123 Å². The van der Waals surface area contributed by atoms with E-state index in [1.807, 2.05) is 0 Å². The maximum absolute atomic E-state index is 12.5. The molecular formula is C17H30N2O. The first-order valence-electron chi connectivity index (χ1n) is 8.60. The maximum atomic E-state index is 12.5. The Morgan fingerprint density at radius 3 is 2.65 bits per heavy atom. The van der Waals surface area contributed by atoms with Crippen LogP contribution < -0.4 is 10.6 Å². The van der Waals surface area contributed by atoms with Crippen LogP contribution in [0.4, 0.5) is 0 Å². The van der Waals surface area contributed by atoms with Crippen LogP contribution >= 0.6 is 0 Å². The molecule has 1 amide bonds. The summed E-state index contributed by atoms with van der Waals surface area (Å²) in [6, 6.07) is 1.08. The van der Waals surface area contributed by atoms with Gasteiger partial charge in [0.1, 0.15) is 0 Å². The lowest BCUT2D eigenvalue weighted by atomic mass is 9.77. The molecule has 0 bridgehead atoms. The number of hydrogen-bond acceptors (Lipinski definition) is 2.